The lowest BCUT2D eigenvalue weighted by Crippen LogP contribution is -2.41. The van der Waals surface area contributed by atoms with E-state index in [-0.39, 0.29) is 12.5 Å². The highest BCUT2D eigenvalue weighted by Crippen LogP contribution is 2.27. The zero-order valence-corrected chi connectivity index (χ0v) is 7.38. The second kappa shape index (κ2) is 4.42. The third-order valence-electron chi connectivity index (χ3n) is 2.05. The summed E-state index contributed by atoms with van der Waals surface area (Å²) in [4.78, 5) is 11.2. The van der Waals surface area contributed by atoms with Gasteiger partial charge in [-0.3, -0.25) is 4.79 Å². The van der Waals surface area contributed by atoms with E-state index in [9.17, 15) is 4.79 Å². The molecule has 0 radical (unpaired) electrons. The topological polar surface area (TPSA) is 64.3 Å². The van der Waals surface area contributed by atoms with Crippen molar-refractivity contribution in [1.29, 1.82) is 0 Å². The number of hydrogen-bond donors (Lipinski definition) is 2. The molecule has 12 heavy (non-hydrogen) atoms. The number of hydrogen-bond acceptors (Lipinski definition) is 3. The van der Waals surface area contributed by atoms with Crippen LogP contribution in [0.3, 0.4) is 0 Å². The van der Waals surface area contributed by atoms with Gasteiger partial charge in [0.2, 0.25) is 5.91 Å². The van der Waals surface area contributed by atoms with E-state index in [1.807, 2.05) is 0 Å². The third kappa shape index (κ3) is 2.79. The van der Waals surface area contributed by atoms with Crippen molar-refractivity contribution in [2.75, 3.05) is 20.2 Å². The summed E-state index contributed by atoms with van der Waals surface area (Å²) in [6.07, 6.45) is 1.99. The molecular formula is C8H16N2O2. The van der Waals surface area contributed by atoms with E-state index in [2.05, 4.69) is 5.32 Å². The summed E-state index contributed by atoms with van der Waals surface area (Å²) in [5.41, 5.74) is 5.32. The van der Waals surface area contributed by atoms with Gasteiger partial charge >= 0.3 is 0 Å². The number of nitrogens with one attached hydrogen (secondary N) is 1. The van der Waals surface area contributed by atoms with E-state index in [0.717, 1.165) is 6.54 Å². The van der Waals surface area contributed by atoms with Gasteiger partial charge in [0.05, 0.1) is 0 Å². The number of carbonyl (C=O) groups is 1. The molecule has 1 amide bonds. The van der Waals surface area contributed by atoms with E-state index in [0.29, 0.717) is 5.92 Å². The lowest BCUT2D eigenvalue weighted by atomic mass is 10.3. The van der Waals surface area contributed by atoms with Crippen LogP contribution in [0, 0.1) is 5.92 Å². The van der Waals surface area contributed by atoms with Gasteiger partial charge in [-0.05, 0) is 18.8 Å². The largest absolute Gasteiger partial charge is 0.370 e. The fourth-order valence-corrected chi connectivity index (χ4v) is 0.991. The third-order valence-corrected chi connectivity index (χ3v) is 2.05. The molecule has 0 aromatic heterocycles. The summed E-state index contributed by atoms with van der Waals surface area (Å²) in [7, 11) is 1.49. The van der Waals surface area contributed by atoms with Gasteiger partial charge in [0.1, 0.15) is 6.10 Å². The molecule has 0 spiro atoms. The minimum absolute atomic E-state index is 0.0908. The van der Waals surface area contributed by atoms with Gasteiger partial charge < -0.3 is 15.8 Å². The Kier molecular flexibility index (Phi) is 3.49. The van der Waals surface area contributed by atoms with Crippen LogP contribution in [0.2, 0.25) is 0 Å². The van der Waals surface area contributed by atoms with E-state index >= 15 is 0 Å². The highest BCUT2D eigenvalue weighted by molar-refractivity contribution is 5.80. The average molecular weight is 172 g/mol. The molecule has 0 aliphatic heterocycles. The van der Waals surface area contributed by atoms with E-state index in [1.165, 1.54) is 20.0 Å². The second-order valence-electron chi connectivity index (χ2n) is 3.15. The minimum Gasteiger partial charge on any atom is -0.370 e. The molecular weight excluding hydrogens is 156 g/mol. The van der Waals surface area contributed by atoms with Crippen molar-refractivity contribution in [1.82, 2.24) is 5.32 Å². The van der Waals surface area contributed by atoms with Crippen molar-refractivity contribution in [2.45, 2.75) is 18.9 Å². The molecule has 0 heterocycles. The first-order valence-electron chi connectivity index (χ1n) is 4.28. The maximum absolute atomic E-state index is 11.2. The molecule has 0 aromatic rings. The maximum atomic E-state index is 11.2. The van der Waals surface area contributed by atoms with E-state index < -0.39 is 6.10 Å². The molecule has 1 fully saturated rings. The molecule has 1 saturated carbocycles. The van der Waals surface area contributed by atoms with Gasteiger partial charge in [0.25, 0.3) is 0 Å². The van der Waals surface area contributed by atoms with Crippen LogP contribution in [0.1, 0.15) is 12.8 Å². The Morgan fingerprint density at radius 1 is 1.75 bits per heavy atom. The van der Waals surface area contributed by atoms with Crippen LogP contribution in [0.4, 0.5) is 0 Å². The Morgan fingerprint density at radius 3 is 2.83 bits per heavy atom. The van der Waals surface area contributed by atoms with E-state index in [1.54, 1.807) is 0 Å². The molecule has 1 aliphatic carbocycles. The molecule has 0 bridgehead atoms. The minimum atomic E-state index is -0.483. The van der Waals surface area contributed by atoms with Crippen LogP contribution in [-0.2, 0) is 9.53 Å². The molecule has 1 atom stereocenters. The van der Waals surface area contributed by atoms with Crippen molar-refractivity contribution in [3.05, 3.63) is 0 Å². The second-order valence-corrected chi connectivity index (χ2v) is 3.15. The van der Waals surface area contributed by atoms with Gasteiger partial charge in [-0.15, -0.1) is 0 Å². The van der Waals surface area contributed by atoms with Crippen molar-refractivity contribution in [3.8, 4) is 0 Å². The quantitative estimate of drug-likeness (QED) is 0.587. The average Bonchev–Trinajstić information content (AvgIpc) is 2.86. The Morgan fingerprint density at radius 2 is 2.42 bits per heavy atom. The number of rotatable bonds is 5. The summed E-state index contributed by atoms with van der Waals surface area (Å²) in [5, 5.41) is 2.80. The zero-order valence-electron chi connectivity index (χ0n) is 7.38. The lowest BCUT2D eigenvalue weighted by Gasteiger charge is -2.12. The Labute approximate surface area is 72.5 Å². The van der Waals surface area contributed by atoms with Crippen LogP contribution in [0.15, 0.2) is 0 Å². The monoisotopic (exact) mass is 172 g/mol. The van der Waals surface area contributed by atoms with Crippen LogP contribution in [-0.4, -0.2) is 32.2 Å². The Hall–Kier alpha value is -0.610. The molecule has 4 heteroatoms. The highest BCUT2D eigenvalue weighted by Gasteiger charge is 2.23. The summed E-state index contributed by atoms with van der Waals surface area (Å²) < 4.78 is 4.88. The first-order valence-corrected chi connectivity index (χ1v) is 4.28. The van der Waals surface area contributed by atoms with Gasteiger partial charge in [-0.1, -0.05) is 0 Å². The predicted molar refractivity (Wildman–Crippen MR) is 45.6 cm³/mol. The lowest BCUT2D eigenvalue weighted by molar-refractivity contribution is -0.130. The first kappa shape index (κ1) is 9.48. The molecule has 0 saturated heterocycles. The highest BCUT2D eigenvalue weighted by atomic mass is 16.5. The molecule has 1 rings (SSSR count). The fourth-order valence-electron chi connectivity index (χ4n) is 0.991. The summed E-state index contributed by atoms with van der Waals surface area (Å²) in [6.45, 7) is 1.02. The van der Waals surface area contributed by atoms with Gasteiger partial charge in [-0.25, -0.2) is 0 Å². The number of carbonyl (C=O) groups excluding carboxylic acids is 1. The molecule has 1 aliphatic rings. The SMILES string of the molecule is COC(CN)C(=O)NCC1CC1. The molecule has 1 unspecified atom stereocenters. The van der Waals surface area contributed by atoms with Crippen molar-refractivity contribution < 1.29 is 9.53 Å². The molecule has 0 aromatic carbocycles. The van der Waals surface area contributed by atoms with E-state index in [4.69, 9.17) is 10.5 Å². The summed E-state index contributed by atoms with van der Waals surface area (Å²) in [6, 6.07) is 0. The molecule has 3 N–H and O–H groups in total. The van der Waals surface area contributed by atoms with Crippen molar-refractivity contribution in [2.24, 2.45) is 11.7 Å². The summed E-state index contributed by atoms with van der Waals surface area (Å²) in [5.74, 6) is 0.608. The standard InChI is InChI=1S/C8H16N2O2/c1-12-7(4-9)8(11)10-5-6-2-3-6/h6-7H,2-5,9H2,1H3,(H,10,11). The Balaban J connectivity index is 2.15. The van der Waals surface area contributed by atoms with Gasteiger partial charge in [-0.2, -0.15) is 0 Å². The smallest absolute Gasteiger partial charge is 0.250 e. The van der Waals surface area contributed by atoms with Gasteiger partial charge in [0.15, 0.2) is 0 Å². The first-order chi connectivity index (χ1) is 5.77. The number of ether oxygens (including phenoxy) is 1. The predicted octanol–water partition coefficient (Wildman–Crippen LogP) is -0.514. The van der Waals surface area contributed by atoms with Crippen LogP contribution in [0.5, 0.6) is 0 Å². The fraction of sp³-hybridized carbons (Fsp3) is 0.875. The van der Waals surface area contributed by atoms with Crippen LogP contribution < -0.4 is 11.1 Å². The Bertz CT molecular complexity index is 153. The van der Waals surface area contributed by atoms with Crippen LogP contribution in [0.25, 0.3) is 0 Å². The zero-order chi connectivity index (χ0) is 8.97. The molecule has 4 nitrogen and oxygen atoms in total. The summed E-state index contributed by atoms with van der Waals surface area (Å²) >= 11 is 0. The maximum Gasteiger partial charge on any atom is 0.250 e. The van der Waals surface area contributed by atoms with Crippen LogP contribution >= 0.6 is 0 Å². The van der Waals surface area contributed by atoms with Crippen molar-refractivity contribution >= 4 is 5.91 Å². The van der Waals surface area contributed by atoms with Gasteiger partial charge in [0, 0.05) is 20.2 Å². The molecule has 70 valence electrons. The number of methoxy groups -OCH3 is 1. The van der Waals surface area contributed by atoms with Crippen molar-refractivity contribution in [3.63, 3.8) is 0 Å². The normalized spacial score (nSPS) is 18.8. The number of nitrogens with two attached hydrogens (primary N) is 1. The number of amides is 1.